The van der Waals surface area contributed by atoms with Crippen LogP contribution in [-0.2, 0) is 27.4 Å². The van der Waals surface area contributed by atoms with E-state index in [0.29, 0.717) is 0 Å². The summed E-state index contributed by atoms with van der Waals surface area (Å²) in [6, 6.07) is 15.9. The molecule has 0 unspecified atom stereocenters. The van der Waals surface area contributed by atoms with Crippen molar-refractivity contribution >= 4 is 17.9 Å². The lowest BCUT2D eigenvalue weighted by molar-refractivity contribution is -0.126. The minimum absolute atomic E-state index is 0.103. The van der Waals surface area contributed by atoms with E-state index in [1.807, 2.05) is 61.5 Å². The highest BCUT2D eigenvalue weighted by molar-refractivity contribution is 5.88. The van der Waals surface area contributed by atoms with Crippen LogP contribution in [0.1, 0.15) is 16.7 Å². The van der Waals surface area contributed by atoms with E-state index in [4.69, 9.17) is 10.5 Å². The Hall–Kier alpha value is -3.35. The zero-order valence-electron chi connectivity index (χ0n) is 15.1. The zero-order valence-corrected chi connectivity index (χ0v) is 15.1. The Bertz CT molecular complexity index is 776. The monoisotopic (exact) mass is 369 g/mol. The first-order valence-corrected chi connectivity index (χ1v) is 8.53. The smallest absolute Gasteiger partial charge is 0.407 e. The number of carbonyl (C=O) groups excluding carboxylic acids is 3. The maximum absolute atomic E-state index is 12.0. The van der Waals surface area contributed by atoms with Gasteiger partial charge in [0.2, 0.25) is 11.8 Å². The first kappa shape index (κ1) is 20.0. The number of primary amides is 1. The molecule has 0 bridgehead atoms. The van der Waals surface area contributed by atoms with Crippen LogP contribution in [0.15, 0.2) is 54.6 Å². The molecular formula is C20H23N3O4. The van der Waals surface area contributed by atoms with Gasteiger partial charge in [0.25, 0.3) is 0 Å². The summed E-state index contributed by atoms with van der Waals surface area (Å²) in [7, 11) is 0. The van der Waals surface area contributed by atoms with E-state index in [0.717, 1.165) is 16.7 Å². The lowest BCUT2D eigenvalue weighted by Gasteiger charge is -2.16. The van der Waals surface area contributed by atoms with E-state index in [9.17, 15) is 14.4 Å². The quantitative estimate of drug-likeness (QED) is 0.654. The fraction of sp³-hybridized carbons (Fsp3) is 0.250. The number of benzene rings is 2. The lowest BCUT2D eigenvalue weighted by Crippen LogP contribution is -2.49. The first-order valence-electron chi connectivity index (χ1n) is 8.53. The summed E-state index contributed by atoms with van der Waals surface area (Å²) >= 11 is 0. The maximum Gasteiger partial charge on any atom is 0.407 e. The van der Waals surface area contributed by atoms with E-state index >= 15 is 0 Å². The molecule has 0 spiro atoms. The molecule has 0 saturated heterocycles. The molecule has 1 atom stereocenters. The molecule has 2 aromatic rings. The third-order valence-corrected chi connectivity index (χ3v) is 3.85. The molecule has 3 amide bonds. The van der Waals surface area contributed by atoms with Crippen LogP contribution in [-0.4, -0.2) is 30.5 Å². The van der Waals surface area contributed by atoms with E-state index in [1.54, 1.807) is 0 Å². The standard InChI is InChI=1S/C20H23N3O4/c1-14-7-9-15(10-8-14)11-17(19(21)25)23-18(24)12-22-20(26)27-13-16-5-3-2-4-6-16/h2-10,17H,11-13H2,1H3,(H2,21,25)(H,22,26)(H,23,24)/t17-/m0/s1. The molecule has 0 aliphatic heterocycles. The second kappa shape index (κ2) is 9.96. The van der Waals surface area contributed by atoms with Crippen LogP contribution in [0.2, 0.25) is 0 Å². The van der Waals surface area contributed by atoms with Crippen LogP contribution in [0.4, 0.5) is 4.79 Å². The Morgan fingerprint density at radius 1 is 1.00 bits per heavy atom. The Morgan fingerprint density at radius 2 is 1.67 bits per heavy atom. The summed E-state index contributed by atoms with van der Waals surface area (Å²) in [5.41, 5.74) is 8.17. The van der Waals surface area contributed by atoms with E-state index in [1.165, 1.54) is 0 Å². The summed E-state index contributed by atoms with van der Waals surface area (Å²) in [5, 5.41) is 4.87. The fourth-order valence-corrected chi connectivity index (χ4v) is 2.35. The third kappa shape index (κ3) is 7.19. The molecule has 0 fully saturated rings. The molecule has 2 rings (SSSR count). The van der Waals surface area contributed by atoms with Crippen molar-refractivity contribution in [2.45, 2.75) is 26.0 Å². The highest BCUT2D eigenvalue weighted by atomic mass is 16.5. The summed E-state index contributed by atoms with van der Waals surface area (Å²) < 4.78 is 5.02. The van der Waals surface area contributed by atoms with Gasteiger partial charge in [0.05, 0.1) is 0 Å². The van der Waals surface area contributed by atoms with E-state index in [2.05, 4.69) is 10.6 Å². The van der Waals surface area contributed by atoms with Gasteiger partial charge in [-0.05, 0) is 18.1 Å². The molecule has 2 aromatic carbocycles. The van der Waals surface area contributed by atoms with E-state index in [-0.39, 0.29) is 19.6 Å². The number of nitrogens with one attached hydrogen (secondary N) is 2. The second-order valence-electron chi connectivity index (χ2n) is 6.13. The normalized spacial score (nSPS) is 11.3. The van der Waals surface area contributed by atoms with Crippen molar-refractivity contribution in [1.29, 1.82) is 0 Å². The van der Waals surface area contributed by atoms with Gasteiger partial charge in [-0.1, -0.05) is 60.2 Å². The summed E-state index contributed by atoms with van der Waals surface area (Å²) in [6.45, 7) is 1.75. The molecule has 7 nitrogen and oxygen atoms in total. The molecule has 7 heteroatoms. The van der Waals surface area contributed by atoms with Gasteiger partial charge < -0.3 is 21.1 Å². The highest BCUT2D eigenvalue weighted by Gasteiger charge is 2.19. The van der Waals surface area contributed by atoms with E-state index < -0.39 is 23.9 Å². The van der Waals surface area contributed by atoms with Crippen molar-refractivity contribution < 1.29 is 19.1 Å². The van der Waals surface area contributed by atoms with Crippen molar-refractivity contribution in [1.82, 2.24) is 10.6 Å². The van der Waals surface area contributed by atoms with Gasteiger partial charge >= 0.3 is 6.09 Å². The Kier molecular flexibility index (Phi) is 7.37. The predicted octanol–water partition coefficient (Wildman–Crippen LogP) is 1.43. The number of hydrogen-bond acceptors (Lipinski definition) is 4. The number of rotatable bonds is 8. The third-order valence-electron chi connectivity index (χ3n) is 3.85. The minimum atomic E-state index is -0.859. The summed E-state index contributed by atoms with van der Waals surface area (Å²) in [4.78, 5) is 35.2. The number of nitrogens with two attached hydrogens (primary N) is 1. The predicted molar refractivity (Wildman–Crippen MR) is 101 cm³/mol. The molecular weight excluding hydrogens is 346 g/mol. The van der Waals surface area contributed by atoms with Crippen molar-refractivity contribution in [2.75, 3.05) is 6.54 Å². The van der Waals surface area contributed by atoms with Gasteiger partial charge in [-0.3, -0.25) is 9.59 Å². The number of alkyl carbamates (subject to hydrolysis) is 1. The van der Waals surface area contributed by atoms with Gasteiger partial charge in [0.15, 0.2) is 0 Å². The van der Waals surface area contributed by atoms with Gasteiger partial charge in [0.1, 0.15) is 19.2 Å². The largest absolute Gasteiger partial charge is 0.445 e. The van der Waals surface area contributed by atoms with Crippen molar-refractivity contribution in [3.8, 4) is 0 Å². The van der Waals surface area contributed by atoms with Crippen LogP contribution in [0.25, 0.3) is 0 Å². The van der Waals surface area contributed by atoms with Crippen molar-refractivity contribution in [2.24, 2.45) is 5.73 Å². The van der Waals surface area contributed by atoms with Crippen LogP contribution >= 0.6 is 0 Å². The SMILES string of the molecule is Cc1ccc(C[C@H](NC(=O)CNC(=O)OCc2ccccc2)C(N)=O)cc1. The molecule has 4 N–H and O–H groups in total. The fourth-order valence-electron chi connectivity index (χ4n) is 2.35. The van der Waals surface area contributed by atoms with Gasteiger partial charge in [-0.15, -0.1) is 0 Å². The van der Waals surface area contributed by atoms with Gasteiger partial charge in [0, 0.05) is 6.42 Å². The molecule has 0 heterocycles. The molecule has 142 valence electrons. The van der Waals surface area contributed by atoms with Crippen LogP contribution in [0, 0.1) is 6.92 Å². The molecule has 0 radical (unpaired) electrons. The Balaban J connectivity index is 1.77. The number of carbonyl (C=O) groups is 3. The van der Waals surface area contributed by atoms with Crippen LogP contribution in [0.3, 0.4) is 0 Å². The molecule has 0 aliphatic carbocycles. The summed E-state index contributed by atoms with van der Waals surface area (Å²) in [6.07, 6.45) is -0.442. The van der Waals surface area contributed by atoms with Crippen molar-refractivity contribution in [3.05, 3.63) is 71.3 Å². The minimum Gasteiger partial charge on any atom is -0.445 e. The van der Waals surface area contributed by atoms with Gasteiger partial charge in [-0.25, -0.2) is 4.79 Å². The number of hydrogen-bond donors (Lipinski definition) is 3. The lowest BCUT2D eigenvalue weighted by atomic mass is 10.0. The topological polar surface area (TPSA) is 111 Å². The van der Waals surface area contributed by atoms with Crippen LogP contribution in [0.5, 0.6) is 0 Å². The molecule has 0 aromatic heterocycles. The Morgan fingerprint density at radius 3 is 2.30 bits per heavy atom. The van der Waals surface area contributed by atoms with Crippen LogP contribution < -0.4 is 16.4 Å². The number of ether oxygens (including phenoxy) is 1. The maximum atomic E-state index is 12.0. The first-order chi connectivity index (χ1) is 12.9. The average Bonchev–Trinajstić information content (AvgIpc) is 2.66. The highest BCUT2D eigenvalue weighted by Crippen LogP contribution is 2.06. The average molecular weight is 369 g/mol. The molecule has 0 saturated carbocycles. The van der Waals surface area contributed by atoms with Gasteiger partial charge in [-0.2, -0.15) is 0 Å². The number of amides is 3. The Labute approximate surface area is 157 Å². The van der Waals surface area contributed by atoms with Crippen molar-refractivity contribution in [3.63, 3.8) is 0 Å². The summed E-state index contributed by atoms with van der Waals surface area (Å²) in [5.74, 6) is -1.17. The molecule has 27 heavy (non-hydrogen) atoms. The second-order valence-corrected chi connectivity index (χ2v) is 6.13. The number of aryl methyl sites for hydroxylation is 1. The zero-order chi connectivity index (χ0) is 19.6. The molecule has 0 aliphatic rings.